The van der Waals surface area contributed by atoms with Gasteiger partial charge in [0.25, 0.3) is 11.6 Å². The molecule has 0 atom stereocenters. The van der Waals surface area contributed by atoms with Crippen molar-refractivity contribution in [3.8, 4) is 22.9 Å². The minimum atomic E-state index is -0.535. The molecule has 0 radical (unpaired) electrons. The quantitative estimate of drug-likeness (QED) is 0.485. The van der Waals surface area contributed by atoms with Crippen molar-refractivity contribution in [2.75, 3.05) is 7.11 Å². The highest BCUT2D eigenvalue weighted by Crippen LogP contribution is 2.30. The molecule has 128 valence electrons. The number of nitro groups is 1. The van der Waals surface area contributed by atoms with E-state index in [1.165, 1.54) is 18.2 Å². The van der Waals surface area contributed by atoms with Gasteiger partial charge in [-0.25, -0.2) is 0 Å². The van der Waals surface area contributed by atoms with Gasteiger partial charge in [0.05, 0.1) is 22.6 Å². The Morgan fingerprint density at radius 1 is 1.24 bits per heavy atom. The Bertz CT molecular complexity index is 912. The van der Waals surface area contributed by atoms with Crippen LogP contribution in [-0.4, -0.2) is 22.2 Å². The SMILES string of the molecule is COc1ccccc1-c1noc(COc2ccc([N+](=O)[O-])cc2Cl)n1. The number of non-ortho nitro benzene ring substituents is 1. The van der Waals surface area contributed by atoms with Gasteiger partial charge in [0.2, 0.25) is 5.82 Å². The van der Waals surface area contributed by atoms with E-state index < -0.39 is 4.92 Å². The first kappa shape index (κ1) is 16.7. The van der Waals surface area contributed by atoms with Crippen molar-refractivity contribution in [3.05, 3.63) is 63.5 Å². The van der Waals surface area contributed by atoms with Gasteiger partial charge in [0.15, 0.2) is 6.61 Å². The van der Waals surface area contributed by atoms with Gasteiger partial charge in [-0.2, -0.15) is 4.98 Å². The van der Waals surface area contributed by atoms with E-state index in [4.69, 9.17) is 25.6 Å². The van der Waals surface area contributed by atoms with Gasteiger partial charge in [-0.05, 0) is 18.2 Å². The van der Waals surface area contributed by atoms with Crippen molar-refractivity contribution in [1.82, 2.24) is 10.1 Å². The Morgan fingerprint density at radius 3 is 2.76 bits per heavy atom. The molecule has 8 nitrogen and oxygen atoms in total. The fourth-order valence-corrected chi connectivity index (χ4v) is 2.34. The maximum absolute atomic E-state index is 10.7. The van der Waals surface area contributed by atoms with Crippen LogP contribution in [0.1, 0.15) is 5.89 Å². The van der Waals surface area contributed by atoms with E-state index in [1.807, 2.05) is 18.2 Å². The Hall–Kier alpha value is -3.13. The van der Waals surface area contributed by atoms with Gasteiger partial charge < -0.3 is 14.0 Å². The lowest BCUT2D eigenvalue weighted by Gasteiger charge is -2.05. The van der Waals surface area contributed by atoms with Crippen LogP contribution in [0.25, 0.3) is 11.4 Å². The molecule has 9 heteroatoms. The van der Waals surface area contributed by atoms with E-state index in [2.05, 4.69) is 10.1 Å². The van der Waals surface area contributed by atoms with Crippen LogP contribution >= 0.6 is 11.6 Å². The van der Waals surface area contributed by atoms with Gasteiger partial charge >= 0.3 is 0 Å². The molecule has 0 spiro atoms. The molecule has 3 rings (SSSR count). The topological polar surface area (TPSA) is 101 Å². The van der Waals surface area contributed by atoms with Crippen molar-refractivity contribution in [3.63, 3.8) is 0 Å². The Labute approximate surface area is 147 Å². The molecule has 0 aliphatic heterocycles. The second kappa shape index (κ2) is 7.18. The molecule has 0 aliphatic rings. The number of aromatic nitrogens is 2. The first-order chi connectivity index (χ1) is 12.1. The average Bonchev–Trinajstić information content (AvgIpc) is 3.09. The fraction of sp³-hybridized carbons (Fsp3) is 0.125. The molecule has 25 heavy (non-hydrogen) atoms. The summed E-state index contributed by atoms with van der Waals surface area (Å²) >= 11 is 5.97. The highest BCUT2D eigenvalue weighted by Gasteiger charge is 2.15. The summed E-state index contributed by atoms with van der Waals surface area (Å²) in [6.07, 6.45) is 0. The van der Waals surface area contributed by atoms with Crippen LogP contribution in [0.5, 0.6) is 11.5 Å². The molecule has 0 amide bonds. The van der Waals surface area contributed by atoms with Crippen molar-refractivity contribution < 1.29 is 18.9 Å². The molecule has 0 saturated heterocycles. The minimum absolute atomic E-state index is 0.0281. The van der Waals surface area contributed by atoms with E-state index in [9.17, 15) is 10.1 Å². The first-order valence-electron chi connectivity index (χ1n) is 7.11. The van der Waals surface area contributed by atoms with E-state index in [-0.39, 0.29) is 29.0 Å². The first-order valence-corrected chi connectivity index (χ1v) is 7.49. The molecule has 1 aromatic heterocycles. The number of benzene rings is 2. The summed E-state index contributed by atoms with van der Waals surface area (Å²) in [4.78, 5) is 14.4. The van der Waals surface area contributed by atoms with Gasteiger partial charge in [-0.15, -0.1) is 0 Å². The third kappa shape index (κ3) is 3.69. The van der Waals surface area contributed by atoms with Gasteiger partial charge in [-0.1, -0.05) is 28.9 Å². The number of nitrogens with zero attached hydrogens (tertiary/aromatic N) is 3. The maximum Gasteiger partial charge on any atom is 0.271 e. The Kier molecular flexibility index (Phi) is 4.80. The maximum atomic E-state index is 10.7. The highest BCUT2D eigenvalue weighted by molar-refractivity contribution is 6.32. The molecule has 0 unspecified atom stereocenters. The summed E-state index contributed by atoms with van der Waals surface area (Å²) in [6.45, 7) is -0.0281. The fourth-order valence-electron chi connectivity index (χ4n) is 2.11. The second-order valence-electron chi connectivity index (χ2n) is 4.87. The molecular weight excluding hydrogens is 350 g/mol. The van der Waals surface area contributed by atoms with Crippen LogP contribution in [-0.2, 0) is 6.61 Å². The lowest BCUT2D eigenvalue weighted by atomic mass is 10.2. The number of rotatable bonds is 6. The number of halogens is 1. The lowest BCUT2D eigenvalue weighted by molar-refractivity contribution is -0.384. The number of para-hydroxylation sites is 1. The van der Waals surface area contributed by atoms with Crippen LogP contribution in [0.15, 0.2) is 47.0 Å². The zero-order valence-electron chi connectivity index (χ0n) is 13.0. The van der Waals surface area contributed by atoms with E-state index >= 15 is 0 Å². The summed E-state index contributed by atoms with van der Waals surface area (Å²) in [6, 6.07) is 11.2. The molecule has 3 aromatic rings. The predicted molar refractivity (Wildman–Crippen MR) is 88.7 cm³/mol. The second-order valence-corrected chi connectivity index (χ2v) is 5.28. The van der Waals surface area contributed by atoms with Gasteiger partial charge in [0.1, 0.15) is 11.5 Å². The van der Waals surface area contributed by atoms with Gasteiger partial charge in [-0.3, -0.25) is 10.1 Å². The molecule has 2 aromatic carbocycles. The molecule has 0 fully saturated rings. The third-order valence-electron chi connectivity index (χ3n) is 3.29. The normalized spacial score (nSPS) is 10.5. The molecule has 0 bridgehead atoms. The average molecular weight is 362 g/mol. The Balaban J connectivity index is 1.73. The Morgan fingerprint density at radius 2 is 2.04 bits per heavy atom. The molecule has 0 saturated carbocycles. The summed E-state index contributed by atoms with van der Waals surface area (Å²) in [5.41, 5.74) is 0.571. The number of ether oxygens (including phenoxy) is 2. The third-order valence-corrected chi connectivity index (χ3v) is 3.59. The minimum Gasteiger partial charge on any atom is -0.496 e. The number of methoxy groups -OCH3 is 1. The number of hydrogen-bond acceptors (Lipinski definition) is 7. The zero-order valence-corrected chi connectivity index (χ0v) is 13.8. The van der Waals surface area contributed by atoms with E-state index in [1.54, 1.807) is 13.2 Å². The smallest absolute Gasteiger partial charge is 0.271 e. The van der Waals surface area contributed by atoms with E-state index in [0.29, 0.717) is 17.1 Å². The number of nitro benzene ring substituents is 1. The van der Waals surface area contributed by atoms with Gasteiger partial charge in [0, 0.05) is 12.1 Å². The summed E-state index contributed by atoms with van der Waals surface area (Å²) in [7, 11) is 1.56. The number of hydrogen-bond donors (Lipinski definition) is 0. The zero-order chi connectivity index (χ0) is 17.8. The molecular formula is C16H12ClN3O5. The lowest BCUT2D eigenvalue weighted by Crippen LogP contribution is -1.97. The summed E-state index contributed by atoms with van der Waals surface area (Å²) < 4.78 is 15.9. The molecule has 1 heterocycles. The highest BCUT2D eigenvalue weighted by atomic mass is 35.5. The van der Waals surface area contributed by atoms with Crippen molar-refractivity contribution in [1.29, 1.82) is 0 Å². The standard InChI is InChI=1S/C16H12ClN3O5/c1-23-13-5-3-2-4-11(13)16-18-15(25-19-16)9-24-14-7-6-10(20(21)22)8-12(14)17/h2-8H,9H2,1H3. The van der Waals surface area contributed by atoms with Crippen LogP contribution < -0.4 is 9.47 Å². The van der Waals surface area contributed by atoms with Crippen molar-refractivity contribution in [2.24, 2.45) is 0 Å². The van der Waals surface area contributed by atoms with Crippen LogP contribution in [0.3, 0.4) is 0 Å². The predicted octanol–water partition coefficient (Wildman–Crippen LogP) is 3.89. The molecule has 0 aliphatic carbocycles. The summed E-state index contributed by atoms with van der Waals surface area (Å²) in [5, 5.41) is 14.7. The van der Waals surface area contributed by atoms with Crippen LogP contribution in [0.2, 0.25) is 5.02 Å². The molecule has 0 N–H and O–H groups in total. The summed E-state index contributed by atoms with van der Waals surface area (Å²) in [5.74, 6) is 1.50. The van der Waals surface area contributed by atoms with Crippen LogP contribution in [0, 0.1) is 10.1 Å². The van der Waals surface area contributed by atoms with E-state index in [0.717, 1.165) is 0 Å². The van der Waals surface area contributed by atoms with Crippen molar-refractivity contribution in [2.45, 2.75) is 6.61 Å². The largest absolute Gasteiger partial charge is 0.496 e. The van der Waals surface area contributed by atoms with Crippen molar-refractivity contribution >= 4 is 17.3 Å². The monoisotopic (exact) mass is 361 g/mol. The van der Waals surface area contributed by atoms with Crippen LogP contribution in [0.4, 0.5) is 5.69 Å².